The highest BCUT2D eigenvalue weighted by Gasteiger charge is 2.05. The second kappa shape index (κ2) is 5.15. The maximum Gasteiger partial charge on any atom is 0.0968 e. The predicted octanol–water partition coefficient (Wildman–Crippen LogP) is 4.00. The molecule has 0 amide bonds. The fourth-order valence-corrected chi connectivity index (χ4v) is 1.92. The van der Waals surface area contributed by atoms with Gasteiger partial charge in [-0.25, -0.2) is 0 Å². The minimum Gasteiger partial charge on any atom is -0.258 e. The summed E-state index contributed by atoms with van der Waals surface area (Å²) < 4.78 is 0. The molecule has 0 saturated heterocycles. The molecular weight excluding hydrogens is 228 g/mol. The van der Waals surface area contributed by atoms with E-state index in [1.54, 1.807) is 5.37 Å². The first-order chi connectivity index (χ1) is 8.26. The van der Waals surface area contributed by atoms with Crippen LogP contribution >= 0.6 is 12.2 Å². The number of hydrogen-bond acceptors (Lipinski definition) is 3. The summed E-state index contributed by atoms with van der Waals surface area (Å²) in [5, 5.41) is 2.76. The number of aliphatic imine (C=N–C) groups is 1. The van der Waals surface area contributed by atoms with Crippen LogP contribution in [0.25, 0.3) is 10.9 Å². The second-order valence-corrected chi connectivity index (χ2v) is 4.16. The van der Waals surface area contributed by atoms with Gasteiger partial charge >= 0.3 is 0 Å². The third-order valence-corrected chi connectivity index (χ3v) is 2.78. The van der Waals surface area contributed by atoms with Crippen LogP contribution in [0.2, 0.25) is 0 Å². The van der Waals surface area contributed by atoms with Gasteiger partial charge in [0.25, 0.3) is 0 Å². The van der Waals surface area contributed by atoms with Gasteiger partial charge in [-0.2, -0.15) is 0 Å². The Morgan fingerprint density at radius 1 is 1.41 bits per heavy atom. The molecule has 0 fully saturated rings. The van der Waals surface area contributed by atoms with Crippen LogP contribution in [0.3, 0.4) is 0 Å². The van der Waals surface area contributed by atoms with Crippen LogP contribution in [0.5, 0.6) is 0 Å². The molecule has 86 valence electrons. The average Bonchev–Trinajstić information content (AvgIpc) is 2.35. The van der Waals surface area contributed by atoms with Crippen LogP contribution in [0.4, 0.5) is 5.69 Å². The number of aromatic nitrogens is 1. The van der Waals surface area contributed by atoms with E-state index >= 15 is 0 Å². The molecule has 0 saturated carbocycles. The number of aryl methyl sites for hydroxylation is 1. The molecule has 1 aromatic carbocycles. The van der Waals surface area contributed by atoms with Crippen LogP contribution in [-0.4, -0.2) is 16.6 Å². The molecular formula is C14H14N2S. The molecule has 17 heavy (non-hydrogen) atoms. The van der Waals surface area contributed by atoms with Gasteiger partial charge in [-0.15, -0.1) is 0 Å². The lowest BCUT2D eigenvalue weighted by molar-refractivity contribution is 1.30. The Balaban J connectivity index is 2.73. The van der Waals surface area contributed by atoms with E-state index in [9.17, 15) is 0 Å². The topological polar surface area (TPSA) is 25.2 Å². The molecule has 1 heterocycles. The Hall–Kier alpha value is -1.61. The van der Waals surface area contributed by atoms with Gasteiger partial charge in [-0.3, -0.25) is 9.98 Å². The van der Waals surface area contributed by atoms with Crippen molar-refractivity contribution in [2.45, 2.75) is 20.3 Å². The quantitative estimate of drug-likeness (QED) is 0.600. The number of hydrogen-bond donors (Lipinski definition) is 0. The standard InChI is InChI=1S/C14H14N2S/c1-3-6-15-14-12(9-17)5-4-11-7-10(2)8-16-13(11)14/h4-9H,3H2,1-2H3/b15-6-. The Bertz CT molecular complexity index is 588. The summed E-state index contributed by atoms with van der Waals surface area (Å²) in [7, 11) is 0. The number of thiocarbonyl (C=S) groups is 1. The smallest absolute Gasteiger partial charge is 0.0968 e. The number of nitrogens with zero attached hydrogens (tertiary/aromatic N) is 2. The van der Waals surface area contributed by atoms with E-state index in [1.165, 1.54) is 0 Å². The van der Waals surface area contributed by atoms with E-state index in [2.05, 4.69) is 23.0 Å². The summed E-state index contributed by atoms with van der Waals surface area (Å²) in [5.41, 5.74) is 3.89. The van der Waals surface area contributed by atoms with Gasteiger partial charge in [0.2, 0.25) is 0 Å². The zero-order chi connectivity index (χ0) is 12.3. The molecule has 0 radical (unpaired) electrons. The zero-order valence-electron chi connectivity index (χ0n) is 9.97. The van der Waals surface area contributed by atoms with Crippen LogP contribution < -0.4 is 0 Å². The first-order valence-electron chi connectivity index (χ1n) is 5.63. The second-order valence-electron chi connectivity index (χ2n) is 3.93. The number of rotatable bonds is 3. The van der Waals surface area contributed by atoms with Crippen molar-refractivity contribution in [1.29, 1.82) is 0 Å². The molecule has 3 heteroatoms. The average molecular weight is 242 g/mol. The Labute approximate surface area is 106 Å². The van der Waals surface area contributed by atoms with Crippen molar-refractivity contribution < 1.29 is 0 Å². The summed E-state index contributed by atoms with van der Waals surface area (Å²) in [6, 6.07) is 6.15. The molecule has 0 atom stereocenters. The first-order valence-corrected chi connectivity index (χ1v) is 6.10. The van der Waals surface area contributed by atoms with Crippen LogP contribution in [0.1, 0.15) is 24.5 Å². The van der Waals surface area contributed by atoms with Crippen LogP contribution in [-0.2, 0) is 0 Å². The summed E-state index contributed by atoms with van der Waals surface area (Å²) >= 11 is 5.02. The molecule has 2 rings (SSSR count). The normalized spacial score (nSPS) is 11.2. The molecule has 0 bridgehead atoms. The maximum atomic E-state index is 5.02. The third-order valence-electron chi connectivity index (χ3n) is 2.52. The van der Waals surface area contributed by atoms with Gasteiger partial charge in [-0.05, 0) is 25.0 Å². The SMILES string of the molecule is CC/C=N\c1c(C=S)ccc2cc(C)cnc12. The molecule has 2 aromatic rings. The highest BCUT2D eigenvalue weighted by molar-refractivity contribution is 7.79. The minimum absolute atomic E-state index is 0.874. The minimum atomic E-state index is 0.874. The van der Waals surface area contributed by atoms with Crippen LogP contribution in [0, 0.1) is 6.92 Å². The lowest BCUT2D eigenvalue weighted by Crippen LogP contribution is -1.87. The van der Waals surface area contributed by atoms with Gasteiger partial charge in [0, 0.05) is 28.7 Å². The van der Waals surface area contributed by atoms with Crippen molar-refractivity contribution in [3.63, 3.8) is 0 Å². The van der Waals surface area contributed by atoms with Gasteiger partial charge in [0.05, 0.1) is 11.2 Å². The van der Waals surface area contributed by atoms with Crippen molar-refractivity contribution in [2.24, 2.45) is 4.99 Å². The van der Waals surface area contributed by atoms with Gasteiger partial charge < -0.3 is 0 Å². The Morgan fingerprint density at radius 2 is 2.24 bits per heavy atom. The summed E-state index contributed by atoms with van der Waals surface area (Å²) in [6.07, 6.45) is 4.65. The van der Waals surface area contributed by atoms with Gasteiger partial charge in [0.15, 0.2) is 0 Å². The molecule has 0 aliphatic rings. The van der Waals surface area contributed by atoms with E-state index in [0.29, 0.717) is 0 Å². The molecule has 0 N–H and O–H groups in total. The molecule has 0 unspecified atom stereocenters. The van der Waals surface area contributed by atoms with Crippen molar-refractivity contribution in [2.75, 3.05) is 0 Å². The fraction of sp³-hybridized carbons (Fsp3) is 0.214. The van der Waals surface area contributed by atoms with E-state index in [4.69, 9.17) is 12.2 Å². The van der Waals surface area contributed by atoms with Crippen LogP contribution in [0.15, 0.2) is 29.4 Å². The highest BCUT2D eigenvalue weighted by Crippen LogP contribution is 2.28. The van der Waals surface area contributed by atoms with Gasteiger partial charge in [-0.1, -0.05) is 31.3 Å². The summed E-state index contributed by atoms with van der Waals surface area (Å²) in [4.78, 5) is 8.93. The van der Waals surface area contributed by atoms with Crippen molar-refractivity contribution >= 4 is 40.4 Å². The van der Waals surface area contributed by atoms with Crippen molar-refractivity contribution in [3.05, 3.63) is 35.5 Å². The van der Waals surface area contributed by atoms with Crippen molar-refractivity contribution in [3.8, 4) is 0 Å². The Kier molecular flexibility index (Phi) is 3.59. The highest BCUT2D eigenvalue weighted by atomic mass is 32.1. The monoisotopic (exact) mass is 242 g/mol. The largest absolute Gasteiger partial charge is 0.258 e. The fourth-order valence-electron chi connectivity index (χ4n) is 1.73. The molecule has 2 nitrogen and oxygen atoms in total. The lowest BCUT2D eigenvalue weighted by atomic mass is 10.1. The predicted molar refractivity (Wildman–Crippen MR) is 77.7 cm³/mol. The third kappa shape index (κ3) is 2.39. The Morgan fingerprint density at radius 3 is 2.94 bits per heavy atom. The summed E-state index contributed by atoms with van der Waals surface area (Å²) in [6.45, 7) is 4.10. The number of pyridine rings is 1. The lowest BCUT2D eigenvalue weighted by Gasteiger charge is -2.05. The number of benzene rings is 1. The van der Waals surface area contributed by atoms with Gasteiger partial charge in [0.1, 0.15) is 0 Å². The van der Waals surface area contributed by atoms with E-state index in [-0.39, 0.29) is 0 Å². The number of fused-ring (bicyclic) bond motifs is 1. The summed E-state index contributed by atoms with van der Waals surface area (Å²) in [5.74, 6) is 0. The van der Waals surface area contributed by atoms with E-state index < -0.39 is 0 Å². The van der Waals surface area contributed by atoms with E-state index in [1.807, 2.05) is 31.5 Å². The molecule has 0 aliphatic carbocycles. The maximum absolute atomic E-state index is 5.02. The van der Waals surface area contributed by atoms with Crippen molar-refractivity contribution in [1.82, 2.24) is 4.98 Å². The molecule has 0 spiro atoms. The molecule has 1 aromatic heterocycles. The first kappa shape index (κ1) is 11.9. The zero-order valence-corrected chi connectivity index (χ0v) is 10.8. The molecule has 0 aliphatic heterocycles. The van der Waals surface area contributed by atoms with E-state index in [0.717, 1.165) is 34.1 Å².